The first-order chi connectivity index (χ1) is 9.04. The number of carbonyl (C=O) groups excluding carboxylic acids is 1. The summed E-state index contributed by atoms with van der Waals surface area (Å²) in [6.07, 6.45) is 0.439. The zero-order valence-corrected chi connectivity index (χ0v) is 10.2. The SMILES string of the molecule is CC1=NO[C@H](CNC(=O)Nc2ccc(F)cc2F)C1. The minimum atomic E-state index is -0.827. The first-order valence-electron chi connectivity index (χ1n) is 5.74. The molecule has 0 unspecified atom stereocenters. The molecular formula is C12H13F2N3O2. The predicted molar refractivity (Wildman–Crippen MR) is 66.0 cm³/mol. The number of anilines is 1. The highest BCUT2D eigenvalue weighted by Crippen LogP contribution is 2.14. The Morgan fingerprint density at radius 1 is 1.53 bits per heavy atom. The van der Waals surface area contributed by atoms with Crippen LogP contribution in [0.4, 0.5) is 19.3 Å². The van der Waals surface area contributed by atoms with E-state index < -0.39 is 17.7 Å². The van der Waals surface area contributed by atoms with E-state index in [9.17, 15) is 13.6 Å². The monoisotopic (exact) mass is 269 g/mol. The molecule has 2 amide bonds. The van der Waals surface area contributed by atoms with E-state index in [0.717, 1.165) is 17.8 Å². The van der Waals surface area contributed by atoms with E-state index >= 15 is 0 Å². The molecule has 0 saturated carbocycles. The lowest BCUT2D eigenvalue weighted by Crippen LogP contribution is -2.35. The van der Waals surface area contributed by atoms with E-state index in [-0.39, 0.29) is 18.3 Å². The number of hydrogen-bond donors (Lipinski definition) is 2. The van der Waals surface area contributed by atoms with Gasteiger partial charge in [-0.2, -0.15) is 0 Å². The van der Waals surface area contributed by atoms with Gasteiger partial charge in [-0.25, -0.2) is 13.6 Å². The smallest absolute Gasteiger partial charge is 0.319 e. The lowest BCUT2D eigenvalue weighted by atomic mass is 10.2. The molecule has 1 atom stereocenters. The van der Waals surface area contributed by atoms with E-state index in [2.05, 4.69) is 15.8 Å². The van der Waals surface area contributed by atoms with Crippen LogP contribution in [0, 0.1) is 11.6 Å². The average molecular weight is 269 g/mol. The zero-order valence-electron chi connectivity index (χ0n) is 10.2. The first-order valence-corrected chi connectivity index (χ1v) is 5.74. The molecule has 5 nitrogen and oxygen atoms in total. The van der Waals surface area contributed by atoms with Gasteiger partial charge in [0.15, 0.2) is 0 Å². The third-order valence-electron chi connectivity index (χ3n) is 2.55. The van der Waals surface area contributed by atoms with E-state index in [1.807, 2.05) is 6.92 Å². The normalized spacial score (nSPS) is 17.6. The molecule has 2 rings (SSSR count). The predicted octanol–water partition coefficient (Wildman–Crippen LogP) is 2.25. The molecule has 0 aliphatic carbocycles. The van der Waals surface area contributed by atoms with Crippen molar-refractivity contribution in [2.45, 2.75) is 19.4 Å². The Hall–Kier alpha value is -2.18. The van der Waals surface area contributed by atoms with Crippen molar-refractivity contribution < 1.29 is 18.4 Å². The quantitative estimate of drug-likeness (QED) is 0.884. The summed E-state index contributed by atoms with van der Waals surface area (Å²) in [6.45, 7) is 2.09. The van der Waals surface area contributed by atoms with Crippen molar-refractivity contribution in [3.63, 3.8) is 0 Å². The van der Waals surface area contributed by atoms with Crippen LogP contribution < -0.4 is 10.6 Å². The Bertz CT molecular complexity index is 520. The molecule has 1 aromatic carbocycles. The molecule has 0 saturated heterocycles. The number of benzene rings is 1. The Morgan fingerprint density at radius 2 is 2.32 bits per heavy atom. The zero-order chi connectivity index (χ0) is 13.8. The van der Waals surface area contributed by atoms with Crippen LogP contribution in [0.5, 0.6) is 0 Å². The fourth-order valence-corrected chi connectivity index (χ4v) is 1.64. The number of urea groups is 1. The van der Waals surface area contributed by atoms with Gasteiger partial charge in [0.2, 0.25) is 0 Å². The standard InChI is InChI=1S/C12H13F2N3O2/c1-7-4-9(19-17-7)6-15-12(18)16-11-3-2-8(13)5-10(11)14/h2-3,5,9H,4,6H2,1H3,(H2,15,16,18)/t9-/m0/s1. The molecule has 0 spiro atoms. The summed E-state index contributed by atoms with van der Waals surface area (Å²) in [5.41, 5.74) is 0.774. The molecule has 0 aromatic heterocycles. The lowest BCUT2D eigenvalue weighted by molar-refractivity contribution is 0.0870. The molecule has 0 bridgehead atoms. The van der Waals surface area contributed by atoms with Crippen LogP contribution in [-0.2, 0) is 4.84 Å². The van der Waals surface area contributed by atoms with Crippen molar-refractivity contribution in [2.75, 3.05) is 11.9 Å². The fraction of sp³-hybridized carbons (Fsp3) is 0.333. The van der Waals surface area contributed by atoms with Gasteiger partial charge in [0.1, 0.15) is 17.7 Å². The van der Waals surface area contributed by atoms with E-state index in [1.165, 1.54) is 0 Å². The van der Waals surface area contributed by atoms with Gasteiger partial charge in [0.05, 0.1) is 17.9 Å². The Balaban J connectivity index is 1.81. The number of nitrogens with one attached hydrogen (secondary N) is 2. The highest BCUT2D eigenvalue weighted by molar-refractivity contribution is 5.89. The van der Waals surface area contributed by atoms with E-state index in [1.54, 1.807) is 0 Å². The molecule has 19 heavy (non-hydrogen) atoms. The molecule has 102 valence electrons. The van der Waals surface area contributed by atoms with Crippen molar-refractivity contribution in [1.29, 1.82) is 0 Å². The van der Waals surface area contributed by atoms with Gasteiger partial charge < -0.3 is 15.5 Å². The van der Waals surface area contributed by atoms with Crippen molar-refractivity contribution in [2.24, 2.45) is 5.16 Å². The summed E-state index contributed by atoms with van der Waals surface area (Å²) in [5, 5.41) is 8.56. The molecule has 1 aliphatic heterocycles. The Labute approximate surface area is 108 Å². The molecule has 0 fully saturated rings. The summed E-state index contributed by atoms with van der Waals surface area (Å²) in [6, 6.07) is 2.34. The van der Waals surface area contributed by atoms with Crippen molar-refractivity contribution in [1.82, 2.24) is 5.32 Å². The number of amides is 2. The third-order valence-corrected chi connectivity index (χ3v) is 2.55. The van der Waals surface area contributed by atoms with Crippen LogP contribution in [0.2, 0.25) is 0 Å². The first kappa shape index (κ1) is 13.3. The van der Waals surface area contributed by atoms with Crippen LogP contribution in [-0.4, -0.2) is 24.4 Å². The second-order valence-electron chi connectivity index (χ2n) is 4.22. The molecule has 1 aliphatic rings. The lowest BCUT2D eigenvalue weighted by Gasteiger charge is -2.11. The molecule has 0 radical (unpaired) electrons. The van der Waals surface area contributed by atoms with Crippen molar-refractivity contribution in [3.8, 4) is 0 Å². The van der Waals surface area contributed by atoms with Crippen LogP contribution in [0.3, 0.4) is 0 Å². The summed E-state index contributed by atoms with van der Waals surface area (Å²) < 4.78 is 26.0. The Morgan fingerprint density at radius 3 is 2.95 bits per heavy atom. The average Bonchev–Trinajstić information content (AvgIpc) is 2.76. The number of carbonyl (C=O) groups is 1. The summed E-state index contributed by atoms with van der Waals surface area (Å²) >= 11 is 0. The van der Waals surface area contributed by atoms with Crippen LogP contribution in [0.25, 0.3) is 0 Å². The van der Waals surface area contributed by atoms with E-state index in [0.29, 0.717) is 12.5 Å². The minimum Gasteiger partial charge on any atom is -0.390 e. The maximum Gasteiger partial charge on any atom is 0.319 e. The van der Waals surface area contributed by atoms with Crippen molar-refractivity contribution >= 4 is 17.4 Å². The Kier molecular flexibility index (Phi) is 3.94. The number of rotatable bonds is 3. The number of halogens is 2. The molecule has 2 N–H and O–H groups in total. The molecule has 1 aromatic rings. The van der Waals surface area contributed by atoms with Crippen LogP contribution >= 0.6 is 0 Å². The number of nitrogens with zero attached hydrogens (tertiary/aromatic N) is 1. The van der Waals surface area contributed by atoms with Gasteiger partial charge in [-0.05, 0) is 19.1 Å². The van der Waals surface area contributed by atoms with Gasteiger partial charge in [-0.3, -0.25) is 0 Å². The maximum atomic E-state index is 13.3. The summed E-state index contributed by atoms with van der Waals surface area (Å²) in [7, 11) is 0. The van der Waals surface area contributed by atoms with Gasteiger partial charge >= 0.3 is 6.03 Å². The largest absolute Gasteiger partial charge is 0.390 e. The van der Waals surface area contributed by atoms with Gasteiger partial charge in [-0.15, -0.1) is 0 Å². The van der Waals surface area contributed by atoms with Gasteiger partial charge in [-0.1, -0.05) is 5.16 Å². The summed E-state index contributed by atoms with van der Waals surface area (Å²) in [4.78, 5) is 16.5. The fourth-order valence-electron chi connectivity index (χ4n) is 1.64. The van der Waals surface area contributed by atoms with Crippen molar-refractivity contribution in [3.05, 3.63) is 29.8 Å². The topological polar surface area (TPSA) is 62.7 Å². The van der Waals surface area contributed by atoms with Gasteiger partial charge in [0, 0.05) is 12.5 Å². The third kappa shape index (κ3) is 3.64. The highest BCUT2D eigenvalue weighted by Gasteiger charge is 2.18. The molecule has 1 heterocycles. The summed E-state index contributed by atoms with van der Waals surface area (Å²) in [5.74, 6) is -1.53. The van der Waals surface area contributed by atoms with Crippen LogP contribution in [0.15, 0.2) is 23.4 Å². The number of hydrogen-bond acceptors (Lipinski definition) is 3. The minimum absolute atomic E-state index is 0.0846. The molecule has 7 heteroatoms. The van der Waals surface area contributed by atoms with Crippen LogP contribution in [0.1, 0.15) is 13.3 Å². The van der Waals surface area contributed by atoms with Gasteiger partial charge in [0.25, 0.3) is 0 Å². The van der Waals surface area contributed by atoms with E-state index in [4.69, 9.17) is 4.84 Å². The maximum absolute atomic E-state index is 13.3. The second-order valence-corrected chi connectivity index (χ2v) is 4.22. The highest BCUT2D eigenvalue weighted by atomic mass is 19.1. The number of oxime groups is 1. The molecular weight excluding hydrogens is 256 g/mol. The second kappa shape index (κ2) is 5.64.